The smallest absolute Gasteiger partial charge is 0.277 e. The van der Waals surface area contributed by atoms with Gasteiger partial charge in [-0.2, -0.15) is 0 Å². The SMILES string of the molecule is C[C@@H](Sc1nnc(-c2cccc(Cl)c2)o1)C(=O)Nc1nc(-c2ccc(F)c(F)c2)cs1. The minimum atomic E-state index is -0.960. The molecule has 0 aliphatic heterocycles. The molecule has 158 valence electrons. The fraction of sp³-hybridized carbons (Fsp3) is 0.100. The Hall–Kier alpha value is -2.82. The molecule has 4 rings (SSSR count). The number of nitrogens with one attached hydrogen (secondary N) is 1. The Morgan fingerprint density at radius 3 is 2.77 bits per heavy atom. The van der Waals surface area contributed by atoms with Crippen LogP contribution < -0.4 is 5.32 Å². The van der Waals surface area contributed by atoms with Gasteiger partial charge in [0.15, 0.2) is 16.8 Å². The van der Waals surface area contributed by atoms with Crippen LogP contribution in [0.5, 0.6) is 0 Å². The number of carbonyl (C=O) groups is 1. The highest BCUT2D eigenvalue weighted by molar-refractivity contribution is 8.00. The number of aromatic nitrogens is 3. The molecular weight excluding hydrogens is 466 g/mol. The largest absolute Gasteiger partial charge is 0.411 e. The Morgan fingerprint density at radius 2 is 2.00 bits per heavy atom. The number of hydrogen-bond acceptors (Lipinski definition) is 7. The minimum absolute atomic E-state index is 0.235. The quantitative estimate of drug-likeness (QED) is 0.347. The van der Waals surface area contributed by atoms with E-state index in [2.05, 4.69) is 20.5 Å². The number of thioether (sulfide) groups is 1. The second-order valence-electron chi connectivity index (χ2n) is 6.30. The van der Waals surface area contributed by atoms with E-state index >= 15 is 0 Å². The van der Waals surface area contributed by atoms with Crippen LogP contribution in [0.4, 0.5) is 13.9 Å². The fourth-order valence-electron chi connectivity index (χ4n) is 2.53. The van der Waals surface area contributed by atoms with Crippen molar-refractivity contribution in [1.29, 1.82) is 0 Å². The molecule has 11 heteroatoms. The van der Waals surface area contributed by atoms with Gasteiger partial charge in [-0.05, 0) is 43.3 Å². The molecule has 0 bridgehead atoms. The second-order valence-corrected chi connectivity index (χ2v) is 8.89. The number of carbonyl (C=O) groups excluding carboxylic acids is 1. The number of halogens is 3. The molecule has 0 radical (unpaired) electrons. The lowest BCUT2D eigenvalue weighted by Gasteiger charge is -2.07. The van der Waals surface area contributed by atoms with Gasteiger partial charge >= 0.3 is 0 Å². The average Bonchev–Trinajstić information content (AvgIpc) is 3.40. The molecule has 4 aromatic rings. The second kappa shape index (κ2) is 9.13. The molecule has 1 N–H and O–H groups in total. The summed E-state index contributed by atoms with van der Waals surface area (Å²) >= 11 is 8.25. The summed E-state index contributed by atoms with van der Waals surface area (Å²) in [6, 6.07) is 10.5. The lowest BCUT2D eigenvalue weighted by molar-refractivity contribution is -0.115. The summed E-state index contributed by atoms with van der Waals surface area (Å²) < 4.78 is 32.1. The maximum absolute atomic E-state index is 13.4. The molecule has 2 heterocycles. The Kier molecular flexibility index (Phi) is 6.30. The number of rotatable bonds is 6. The Bertz CT molecular complexity index is 1250. The summed E-state index contributed by atoms with van der Waals surface area (Å²) in [7, 11) is 0. The zero-order chi connectivity index (χ0) is 22.0. The first-order valence-electron chi connectivity index (χ1n) is 8.87. The predicted molar refractivity (Wildman–Crippen MR) is 116 cm³/mol. The number of anilines is 1. The highest BCUT2D eigenvalue weighted by Gasteiger charge is 2.20. The van der Waals surface area contributed by atoms with Gasteiger partial charge in [0.25, 0.3) is 5.22 Å². The number of amides is 1. The van der Waals surface area contributed by atoms with Crippen LogP contribution in [0.15, 0.2) is 57.5 Å². The molecule has 2 aromatic heterocycles. The Balaban J connectivity index is 1.39. The third-order valence-electron chi connectivity index (χ3n) is 4.07. The van der Waals surface area contributed by atoms with Crippen molar-refractivity contribution in [3.8, 4) is 22.7 Å². The van der Waals surface area contributed by atoms with E-state index in [0.29, 0.717) is 32.9 Å². The van der Waals surface area contributed by atoms with Crippen molar-refractivity contribution >= 4 is 45.7 Å². The maximum atomic E-state index is 13.4. The van der Waals surface area contributed by atoms with Gasteiger partial charge in [0.05, 0.1) is 10.9 Å². The van der Waals surface area contributed by atoms with Crippen molar-refractivity contribution in [2.24, 2.45) is 0 Å². The molecule has 1 atom stereocenters. The van der Waals surface area contributed by atoms with Gasteiger partial charge in [-0.1, -0.05) is 29.4 Å². The van der Waals surface area contributed by atoms with Gasteiger partial charge < -0.3 is 9.73 Å². The van der Waals surface area contributed by atoms with E-state index in [0.717, 1.165) is 23.9 Å². The molecule has 0 fully saturated rings. The standard InChI is InChI=1S/C20H13ClF2N4O2S2/c1-10(31-20-27-26-18(29-20)12-3-2-4-13(21)7-12)17(28)25-19-24-16(9-30-19)11-5-6-14(22)15(23)8-11/h2-10H,1H3,(H,24,25,28)/t10-/m1/s1. The molecule has 2 aromatic carbocycles. The van der Waals surface area contributed by atoms with E-state index in [4.69, 9.17) is 16.0 Å². The number of nitrogens with zero attached hydrogens (tertiary/aromatic N) is 3. The van der Waals surface area contributed by atoms with Crippen LogP contribution in [0.1, 0.15) is 6.92 Å². The molecule has 0 saturated heterocycles. The van der Waals surface area contributed by atoms with Crippen LogP contribution in [0, 0.1) is 11.6 Å². The summed E-state index contributed by atoms with van der Waals surface area (Å²) in [5.74, 6) is -1.91. The number of benzene rings is 2. The van der Waals surface area contributed by atoms with E-state index in [-0.39, 0.29) is 11.1 Å². The summed E-state index contributed by atoms with van der Waals surface area (Å²) in [5, 5.41) is 12.8. The summed E-state index contributed by atoms with van der Waals surface area (Å²) in [5.41, 5.74) is 1.52. The van der Waals surface area contributed by atoms with Crippen LogP contribution in [0.2, 0.25) is 5.02 Å². The first-order chi connectivity index (χ1) is 14.9. The lowest BCUT2D eigenvalue weighted by Crippen LogP contribution is -2.22. The average molecular weight is 479 g/mol. The molecule has 0 aliphatic carbocycles. The first kappa shape index (κ1) is 21.4. The molecule has 0 spiro atoms. The van der Waals surface area contributed by atoms with Crippen molar-refractivity contribution in [2.45, 2.75) is 17.4 Å². The van der Waals surface area contributed by atoms with Crippen molar-refractivity contribution in [2.75, 3.05) is 5.32 Å². The van der Waals surface area contributed by atoms with Gasteiger partial charge in [0.1, 0.15) is 0 Å². The van der Waals surface area contributed by atoms with E-state index in [1.54, 1.807) is 36.6 Å². The lowest BCUT2D eigenvalue weighted by atomic mass is 10.2. The van der Waals surface area contributed by atoms with Crippen molar-refractivity contribution in [3.63, 3.8) is 0 Å². The highest BCUT2D eigenvalue weighted by Crippen LogP contribution is 2.29. The Morgan fingerprint density at radius 1 is 1.16 bits per heavy atom. The van der Waals surface area contributed by atoms with Crippen LogP contribution >= 0.6 is 34.7 Å². The highest BCUT2D eigenvalue weighted by atomic mass is 35.5. The van der Waals surface area contributed by atoms with E-state index in [9.17, 15) is 13.6 Å². The molecule has 31 heavy (non-hydrogen) atoms. The van der Waals surface area contributed by atoms with Crippen LogP contribution in [-0.2, 0) is 4.79 Å². The number of thiazole rings is 1. The summed E-state index contributed by atoms with van der Waals surface area (Å²) in [6.07, 6.45) is 0. The monoisotopic (exact) mass is 478 g/mol. The predicted octanol–water partition coefficient (Wildman–Crippen LogP) is 5.91. The van der Waals surface area contributed by atoms with E-state index in [1.165, 1.54) is 17.4 Å². The number of hydrogen-bond donors (Lipinski definition) is 1. The first-order valence-corrected chi connectivity index (χ1v) is 11.0. The van der Waals surface area contributed by atoms with Crippen molar-refractivity contribution in [1.82, 2.24) is 15.2 Å². The summed E-state index contributed by atoms with van der Waals surface area (Å²) in [6.45, 7) is 1.69. The van der Waals surface area contributed by atoms with E-state index < -0.39 is 16.9 Å². The van der Waals surface area contributed by atoms with Gasteiger partial charge in [-0.3, -0.25) is 4.79 Å². The van der Waals surface area contributed by atoms with Crippen LogP contribution in [-0.4, -0.2) is 26.3 Å². The molecule has 0 unspecified atom stereocenters. The summed E-state index contributed by atoms with van der Waals surface area (Å²) in [4.78, 5) is 16.8. The zero-order valence-corrected chi connectivity index (χ0v) is 18.2. The molecule has 0 aliphatic rings. The third-order valence-corrected chi connectivity index (χ3v) is 6.00. The van der Waals surface area contributed by atoms with E-state index in [1.807, 2.05) is 0 Å². The maximum Gasteiger partial charge on any atom is 0.277 e. The molecule has 1 amide bonds. The Labute approximate surface area is 188 Å². The minimum Gasteiger partial charge on any atom is -0.411 e. The molecule has 0 saturated carbocycles. The van der Waals surface area contributed by atoms with Crippen LogP contribution in [0.3, 0.4) is 0 Å². The van der Waals surface area contributed by atoms with Gasteiger partial charge in [0, 0.05) is 21.5 Å². The van der Waals surface area contributed by atoms with Crippen LogP contribution in [0.25, 0.3) is 22.7 Å². The zero-order valence-electron chi connectivity index (χ0n) is 15.8. The third kappa shape index (κ3) is 5.09. The van der Waals surface area contributed by atoms with Gasteiger partial charge in [-0.25, -0.2) is 13.8 Å². The van der Waals surface area contributed by atoms with Gasteiger partial charge in [0.2, 0.25) is 11.8 Å². The molecule has 6 nitrogen and oxygen atoms in total. The van der Waals surface area contributed by atoms with Crippen molar-refractivity contribution in [3.05, 3.63) is 64.5 Å². The van der Waals surface area contributed by atoms with Gasteiger partial charge in [-0.15, -0.1) is 21.5 Å². The topological polar surface area (TPSA) is 80.9 Å². The normalized spacial score (nSPS) is 12.0. The fourth-order valence-corrected chi connectivity index (χ4v) is 4.12. The van der Waals surface area contributed by atoms with Crippen molar-refractivity contribution < 1.29 is 18.0 Å². The molecular formula is C20H13ClF2N4O2S2.